The second-order valence-electron chi connectivity index (χ2n) is 4.71. The van der Waals surface area contributed by atoms with Crippen molar-refractivity contribution in [2.45, 2.75) is 31.2 Å². The van der Waals surface area contributed by atoms with Crippen molar-refractivity contribution >= 4 is 34.2 Å². The summed E-state index contributed by atoms with van der Waals surface area (Å²) in [7, 11) is 0. The second-order valence-corrected chi connectivity index (χ2v) is 5.57. The molecule has 1 aliphatic rings. The molecule has 1 aliphatic carbocycles. The Balaban J connectivity index is 0.00000180. The van der Waals surface area contributed by atoms with E-state index in [-0.39, 0.29) is 29.4 Å². The third-order valence-electron chi connectivity index (χ3n) is 3.45. The van der Waals surface area contributed by atoms with Crippen LogP contribution in [0.25, 0.3) is 0 Å². The van der Waals surface area contributed by atoms with Crippen molar-refractivity contribution in [2.75, 3.05) is 6.54 Å². The van der Waals surface area contributed by atoms with Gasteiger partial charge in [0.1, 0.15) is 0 Å². The summed E-state index contributed by atoms with van der Waals surface area (Å²) in [6.07, 6.45) is 5.43. The molecule has 0 saturated heterocycles. The predicted molar refractivity (Wildman–Crippen MR) is 79.7 cm³/mol. The Morgan fingerprint density at radius 1 is 1.47 bits per heavy atom. The number of aromatic nitrogens is 1. The van der Waals surface area contributed by atoms with E-state index in [1.165, 1.54) is 12.3 Å². The molecule has 106 valence electrons. The van der Waals surface area contributed by atoms with Crippen LogP contribution >= 0.6 is 28.3 Å². The van der Waals surface area contributed by atoms with Crippen LogP contribution in [-0.4, -0.2) is 23.0 Å². The molecule has 0 unspecified atom stereocenters. The third kappa shape index (κ3) is 3.58. The number of hydrogen-bond acceptors (Lipinski definition) is 3. The molecule has 1 aromatic rings. The van der Waals surface area contributed by atoms with Gasteiger partial charge >= 0.3 is 0 Å². The Morgan fingerprint density at radius 2 is 2.11 bits per heavy atom. The fourth-order valence-electron chi connectivity index (χ4n) is 2.33. The molecule has 0 aromatic carbocycles. The fraction of sp³-hybridized carbons (Fsp3) is 0.500. The third-order valence-corrected chi connectivity index (χ3v) is 4.04. The van der Waals surface area contributed by atoms with Crippen LogP contribution in [0.5, 0.6) is 0 Å². The van der Waals surface area contributed by atoms with Gasteiger partial charge in [-0.3, -0.25) is 9.59 Å². The van der Waals surface area contributed by atoms with Gasteiger partial charge in [0, 0.05) is 12.7 Å². The van der Waals surface area contributed by atoms with E-state index < -0.39 is 0 Å². The minimum absolute atomic E-state index is 0. The van der Waals surface area contributed by atoms with Crippen molar-refractivity contribution in [2.24, 2.45) is 5.73 Å². The zero-order valence-corrected chi connectivity index (χ0v) is 12.8. The molecular formula is C12H17BrClN3O2. The zero-order chi connectivity index (χ0) is 13.2. The van der Waals surface area contributed by atoms with Crippen molar-refractivity contribution in [1.82, 2.24) is 10.3 Å². The monoisotopic (exact) mass is 349 g/mol. The minimum atomic E-state index is -0.278. The maximum atomic E-state index is 12.1. The molecule has 0 bridgehead atoms. The standard InChI is InChI=1S/C12H16BrN3O2.ClH/c13-9-5-8(6-15-11(9)18)10(17)16-12(7-14)3-1-2-4-12;/h5-6H,1-4,7,14H2,(H,15,18)(H,16,17);1H. The number of hydrogen-bond donors (Lipinski definition) is 3. The summed E-state index contributed by atoms with van der Waals surface area (Å²) in [5.74, 6) is -0.195. The summed E-state index contributed by atoms with van der Waals surface area (Å²) >= 11 is 3.11. The molecule has 1 heterocycles. The first-order chi connectivity index (χ1) is 8.56. The van der Waals surface area contributed by atoms with Gasteiger partial charge in [-0.1, -0.05) is 12.8 Å². The molecule has 1 fully saturated rings. The van der Waals surface area contributed by atoms with E-state index in [4.69, 9.17) is 5.73 Å². The van der Waals surface area contributed by atoms with Gasteiger partial charge in [-0.15, -0.1) is 12.4 Å². The number of halogens is 2. The summed E-state index contributed by atoms with van der Waals surface area (Å²) in [6, 6.07) is 1.52. The largest absolute Gasteiger partial charge is 0.345 e. The van der Waals surface area contributed by atoms with Crippen molar-refractivity contribution < 1.29 is 4.79 Å². The summed E-state index contributed by atoms with van der Waals surface area (Å²) in [4.78, 5) is 25.8. The van der Waals surface area contributed by atoms with Crippen LogP contribution in [-0.2, 0) is 0 Å². The summed E-state index contributed by atoms with van der Waals surface area (Å²) in [5.41, 5.74) is 5.67. The molecule has 1 saturated carbocycles. The van der Waals surface area contributed by atoms with E-state index in [1.807, 2.05) is 0 Å². The van der Waals surface area contributed by atoms with Gasteiger partial charge in [0.25, 0.3) is 11.5 Å². The van der Waals surface area contributed by atoms with Gasteiger partial charge in [0.2, 0.25) is 0 Å². The summed E-state index contributed by atoms with van der Waals surface area (Å²) in [5, 5.41) is 3.00. The number of carbonyl (C=O) groups excluding carboxylic acids is 1. The van der Waals surface area contributed by atoms with Crippen molar-refractivity contribution in [3.63, 3.8) is 0 Å². The van der Waals surface area contributed by atoms with E-state index in [0.717, 1.165) is 25.7 Å². The molecule has 2 rings (SSSR count). The number of H-pyrrole nitrogens is 1. The number of pyridine rings is 1. The highest BCUT2D eigenvalue weighted by Gasteiger charge is 2.34. The zero-order valence-electron chi connectivity index (χ0n) is 10.4. The number of nitrogens with one attached hydrogen (secondary N) is 2. The molecule has 5 nitrogen and oxygen atoms in total. The maximum Gasteiger partial charge on any atom is 0.262 e. The SMILES string of the molecule is Cl.NCC1(NC(=O)c2c[nH]c(=O)c(Br)c2)CCCC1. The molecule has 0 spiro atoms. The van der Waals surface area contributed by atoms with E-state index >= 15 is 0 Å². The van der Waals surface area contributed by atoms with Gasteiger partial charge in [-0.05, 0) is 34.8 Å². The lowest BCUT2D eigenvalue weighted by atomic mass is 9.97. The first-order valence-corrected chi connectivity index (χ1v) is 6.76. The molecule has 1 aromatic heterocycles. The highest BCUT2D eigenvalue weighted by Crippen LogP contribution is 2.28. The molecule has 1 amide bonds. The number of nitrogens with two attached hydrogens (primary N) is 1. The van der Waals surface area contributed by atoms with Crippen molar-refractivity contribution in [3.8, 4) is 0 Å². The Morgan fingerprint density at radius 3 is 2.63 bits per heavy atom. The van der Waals surface area contributed by atoms with Crippen molar-refractivity contribution in [1.29, 1.82) is 0 Å². The van der Waals surface area contributed by atoms with E-state index in [2.05, 4.69) is 26.2 Å². The van der Waals surface area contributed by atoms with E-state index in [9.17, 15) is 9.59 Å². The first kappa shape index (κ1) is 16.2. The van der Waals surface area contributed by atoms with Gasteiger partial charge in [0.15, 0.2) is 0 Å². The predicted octanol–water partition coefficient (Wildman–Crippen LogP) is 1.56. The Kier molecular flexibility index (Phi) is 5.58. The molecule has 0 atom stereocenters. The maximum absolute atomic E-state index is 12.1. The van der Waals surface area contributed by atoms with Crippen molar-refractivity contribution in [3.05, 3.63) is 32.7 Å². The molecule has 19 heavy (non-hydrogen) atoms. The van der Waals surface area contributed by atoms with Gasteiger partial charge < -0.3 is 16.0 Å². The average Bonchev–Trinajstić information content (AvgIpc) is 2.82. The summed E-state index contributed by atoms with van der Waals surface area (Å²) < 4.78 is 0.350. The topological polar surface area (TPSA) is 88.0 Å². The molecule has 0 aliphatic heterocycles. The van der Waals surface area contributed by atoms with Crippen LogP contribution in [0, 0.1) is 0 Å². The first-order valence-electron chi connectivity index (χ1n) is 5.97. The Bertz CT molecular complexity index is 512. The highest BCUT2D eigenvalue weighted by atomic mass is 79.9. The smallest absolute Gasteiger partial charge is 0.262 e. The van der Waals surface area contributed by atoms with Gasteiger partial charge in [-0.25, -0.2) is 0 Å². The molecular weight excluding hydrogens is 334 g/mol. The van der Waals surface area contributed by atoms with Crippen LogP contribution in [0.15, 0.2) is 21.5 Å². The number of carbonyl (C=O) groups is 1. The van der Waals surface area contributed by atoms with Crippen LogP contribution in [0.1, 0.15) is 36.0 Å². The minimum Gasteiger partial charge on any atom is -0.345 e. The fourth-order valence-corrected chi connectivity index (χ4v) is 2.69. The highest BCUT2D eigenvalue weighted by molar-refractivity contribution is 9.10. The average molecular weight is 351 g/mol. The molecule has 7 heteroatoms. The normalized spacial score (nSPS) is 16.7. The van der Waals surface area contributed by atoms with E-state index in [1.54, 1.807) is 0 Å². The summed E-state index contributed by atoms with van der Waals surface area (Å²) in [6.45, 7) is 0.448. The quantitative estimate of drug-likeness (QED) is 0.773. The van der Waals surface area contributed by atoms with E-state index in [0.29, 0.717) is 16.6 Å². The number of rotatable bonds is 3. The number of aromatic amines is 1. The van der Waals surface area contributed by atoms with Crippen LogP contribution in [0.2, 0.25) is 0 Å². The Labute approximate surface area is 125 Å². The molecule has 4 N–H and O–H groups in total. The number of amides is 1. The lowest BCUT2D eigenvalue weighted by Gasteiger charge is -2.28. The molecule has 0 radical (unpaired) electrons. The van der Waals surface area contributed by atoms with Crippen LogP contribution < -0.4 is 16.6 Å². The lowest BCUT2D eigenvalue weighted by molar-refractivity contribution is 0.0902. The Hall–Kier alpha value is -0.850. The van der Waals surface area contributed by atoms with Crippen LogP contribution in [0.3, 0.4) is 0 Å². The van der Waals surface area contributed by atoms with Gasteiger partial charge in [0.05, 0.1) is 15.6 Å². The van der Waals surface area contributed by atoms with Gasteiger partial charge in [-0.2, -0.15) is 0 Å². The second kappa shape index (κ2) is 6.54. The lowest BCUT2D eigenvalue weighted by Crippen LogP contribution is -2.51. The van der Waals surface area contributed by atoms with Crippen LogP contribution in [0.4, 0.5) is 0 Å².